The van der Waals surface area contributed by atoms with Crippen LogP contribution in [0.15, 0.2) is 33.3 Å². The molecule has 0 fully saturated rings. The standard InChI is InChI=1S/C17H18N2O2S/c1-9-13-15(12-5-4-6-22-12)14-10(18-16(13)21-19-9)7-17(2,3)8-11(14)20/h4-6,15,18H,7-8H2,1-3H3/t15-/m1/s1. The summed E-state index contributed by atoms with van der Waals surface area (Å²) >= 11 is 1.68. The number of aromatic nitrogens is 1. The fourth-order valence-corrected chi connectivity index (χ4v) is 4.45. The van der Waals surface area contributed by atoms with Crippen LogP contribution in [-0.4, -0.2) is 10.9 Å². The minimum absolute atomic E-state index is 0.0184. The van der Waals surface area contributed by atoms with Crippen molar-refractivity contribution in [1.82, 2.24) is 5.16 Å². The molecule has 0 bridgehead atoms. The Kier molecular flexibility index (Phi) is 2.85. The van der Waals surface area contributed by atoms with Crippen LogP contribution in [0.1, 0.15) is 48.7 Å². The van der Waals surface area contributed by atoms with Crippen LogP contribution in [0.5, 0.6) is 0 Å². The van der Waals surface area contributed by atoms with Crippen LogP contribution in [0.2, 0.25) is 0 Å². The minimum Gasteiger partial charge on any atom is -0.338 e. The quantitative estimate of drug-likeness (QED) is 0.855. The molecule has 1 N–H and O–H groups in total. The predicted molar refractivity (Wildman–Crippen MR) is 86.1 cm³/mol. The van der Waals surface area contributed by atoms with Gasteiger partial charge in [0.1, 0.15) is 0 Å². The Bertz CT molecular complexity index is 784. The van der Waals surface area contributed by atoms with Crippen molar-refractivity contribution in [2.45, 2.75) is 39.5 Å². The van der Waals surface area contributed by atoms with Crippen LogP contribution in [-0.2, 0) is 4.79 Å². The van der Waals surface area contributed by atoms with Gasteiger partial charge in [0.25, 0.3) is 0 Å². The predicted octanol–water partition coefficient (Wildman–Crippen LogP) is 4.25. The average molecular weight is 314 g/mol. The van der Waals surface area contributed by atoms with Crippen LogP contribution in [0, 0.1) is 12.3 Å². The zero-order valence-electron chi connectivity index (χ0n) is 12.9. The number of carbonyl (C=O) groups excluding carboxylic acids is 1. The van der Waals surface area contributed by atoms with E-state index in [4.69, 9.17) is 4.52 Å². The largest absolute Gasteiger partial charge is 0.338 e. The molecule has 0 aromatic carbocycles. The van der Waals surface area contributed by atoms with E-state index in [0.29, 0.717) is 12.3 Å². The van der Waals surface area contributed by atoms with E-state index in [2.05, 4.69) is 35.8 Å². The number of hydrogen-bond acceptors (Lipinski definition) is 5. The molecular weight excluding hydrogens is 296 g/mol. The van der Waals surface area contributed by atoms with Crippen molar-refractivity contribution in [2.75, 3.05) is 5.32 Å². The van der Waals surface area contributed by atoms with Gasteiger partial charge in [-0.15, -0.1) is 11.3 Å². The van der Waals surface area contributed by atoms with E-state index in [1.54, 1.807) is 11.3 Å². The van der Waals surface area contributed by atoms with Crippen molar-refractivity contribution in [1.29, 1.82) is 0 Å². The minimum atomic E-state index is -0.0406. The normalized spacial score (nSPS) is 23.0. The van der Waals surface area contributed by atoms with E-state index in [1.165, 1.54) is 4.88 Å². The summed E-state index contributed by atoms with van der Waals surface area (Å²) in [5.41, 5.74) is 3.75. The molecule has 2 aromatic heterocycles. The summed E-state index contributed by atoms with van der Waals surface area (Å²) in [6.45, 7) is 6.21. The molecule has 1 aliphatic carbocycles. The number of anilines is 1. The first-order valence-electron chi connectivity index (χ1n) is 7.49. The third-order valence-corrected chi connectivity index (χ3v) is 5.43. The Labute approximate surface area is 133 Å². The number of nitrogens with zero attached hydrogens (tertiary/aromatic N) is 1. The molecule has 1 aliphatic heterocycles. The Hall–Kier alpha value is -1.88. The van der Waals surface area contributed by atoms with Crippen molar-refractivity contribution in [3.63, 3.8) is 0 Å². The van der Waals surface area contributed by atoms with Crippen LogP contribution in [0.25, 0.3) is 0 Å². The number of thiophene rings is 1. The van der Waals surface area contributed by atoms with Gasteiger partial charge < -0.3 is 9.84 Å². The molecule has 0 unspecified atom stereocenters. The molecule has 0 spiro atoms. The summed E-state index contributed by atoms with van der Waals surface area (Å²) in [5, 5.41) is 9.49. The average Bonchev–Trinajstić information content (AvgIpc) is 3.05. The van der Waals surface area contributed by atoms with E-state index in [9.17, 15) is 4.79 Å². The maximum Gasteiger partial charge on any atom is 0.233 e. The number of rotatable bonds is 1. The zero-order valence-corrected chi connectivity index (χ0v) is 13.7. The van der Waals surface area contributed by atoms with Gasteiger partial charge >= 0.3 is 0 Å². The second-order valence-corrected chi connectivity index (χ2v) is 7.90. The number of fused-ring (bicyclic) bond motifs is 1. The summed E-state index contributed by atoms with van der Waals surface area (Å²) in [5.74, 6) is 0.893. The highest BCUT2D eigenvalue weighted by Gasteiger charge is 2.43. The van der Waals surface area contributed by atoms with Crippen molar-refractivity contribution >= 4 is 23.0 Å². The summed E-state index contributed by atoms with van der Waals surface area (Å²) in [6.07, 6.45) is 1.45. The summed E-state index contributed by atoms with van der Waals surface area (Å²) in [7, 11) is 0. The molecule has 0 radical (unpaired) electrons. The summed E-state index contributed by atoms with van der Waals surface area (Å²) in [6, 6.07) is 4.12. The smallest absolute Gasteiger partial charge is 0.233 e. The highest BCUT2D eigenvalue weighted by molar-refractivity contribution is 7.10. The molecule has 4 nitrogen and oxygen atoms in total. The first-order valence-corrected chi connectivity index (χ1v) is 8.37. The maximum absolute atomic E-state index is 12.8. The van der Waals surface area contributed by atoms with E-state index in [0.717, 1.165) is 28.9 Å². The topological polar surface area (TPSA) is 55.1 Å². The molecule has 2 aliphatic rings. The van der Waals surface area contributed by atoms with Gasteiger partial charge in [0, 0.05) is 22.6 Å². The lowest BCUT2D eigenvalue weighted by Gasteiger charge is -2.37. The Balaban J connectivity index is 1.94. The second-order valence-electron chi connectivity index (χ2n) is 6.92. The highest BCUT2D eigenvalue weighted by atomic mass is 32.1. The van der Waals surface area contributed by atoms with Gasteiger partial charge in [-0.05, 0) is 30.2 Å². The molecule has 5 heteroatoms. The van der Waals surface area contributed by atoms with Crippen molar-refractivity contribution in [3.8, 4) is 0 Å². The second kappa shape index (κ2) is 4.56. The maximum atomic E-state index is 12.8. The summed E-state index contributed by atoms with van der Waals surface area (Å²) in [4.78, 5) is 14.0. The highest BCUT2D eigenvalue weighted by Crippen LogP contribution is 2.50. The number of nitrogens with one attached hydrogen (secondary N) is 1. The lowest BCUT2D eigenvalue weighted by atomic mass is 9.70. The van der Waals surface area contributed by atoms with Gasteiger partial charge in [-0.25, -0.2) is 0 Å². The van der Waals surface area contributed by atoms with Crippen molar-refractivity contribution < 1.29 is 9.32 Å². The zero-order chi connectivity index (χ0) is 15.5. The van der Waals surface area contributed by atoms with Gasteiger partial charge in [-0.2, -0.15) is 0 Å². The fourth-order valence-electron chi connectivity index (χ4n) is 3.61. The number of Topliss-reactive ketones (excluding diaryl/α,β-unsaturated/α-hetero) is 1. The van der Waals surface area contributed by atoms with Gasteiger partial charge in [0.2, 0.25) is 5.88 Å². The lowest BCUT2D eigenvalue weighted by Crippen LogP contribution is -2.33. The fraction of sp³-hybridized carbons (Fsp3) is 0.412. The summed E-state index contributed by atoms with van der Waals surface area (Å²) < 4.78 is 5.47. The first-order chi connectivity index (χ1) is 10.5. The van der Waals surface area contributed by atoms with Crippen molar-refractivity contribution in [3.05, 3.63) is 44.9 Å². The number of hydrogen-bond donors (Lipinski definition) is 1. The number of carbonyl (C=O) groups is 1. The molecule has 0 saturated heterocycles. The van der Waals surface area contributed by atoms with Gasteiger partial charge in [-0.3, -0.25) is 4.79 Å². The molecule has 22 heavy (non-hydrogen) atoms. The van der Waals surface area contributed by atoms with E-state index in [-0.39, 0.29) is 17.1 Å². The monoisotopic (exact) mass is 314 g/mol. The van der Waals surface area contributed by atoms with Gasteiger partial charge in [-0.1, -0.05) is 25.1 Å². The molecule has 114 valence electrons. The SMILES string of the molecule is Cc1noc2c1[C@@H](c1cccs1)C1=C(CC(C)(C)CC1=O)N2. The van der Waals surface area contributed by atoms with Crippen LogP contribution in [0.4, 0.5) is 5.88 Å². The van der Waals surface area contributed by atoms with Crippen molar-refractivity contribution in [2.24, 2.45) is 5.41 Å². The van der Waals surface area contributed by atoms with E-state index < -0.39 is 0 Å². The van der Waals surface area contributed by atoms with Crippen LogP contribution >= 0.6 is 11.3 Å². The van der Waals surface area contributed by atoms with Gasteiger partial charge in [0.05, 0.1) is 17.2 Å². The third kappa shape index (κ3) is 1.96. The molecule has 3 heterocycles. The first kappa shape index (κ1) is 13.8. The Morgan fingerprint density at radius 3 is 2.95 bits per heavy atom. The molecular formula is C17H18N2O2S. The lowest BCUT2D eigenvalue weighted by molar-refractivity contribution is -0.118. The molecule has 1 atom stereocenters. The number of ketones is 1. The Morgan fingerprint density at radius 1 is 1.41 bits per heavy atom. The molecule has 2 aromatic rings. The van der Waals surface area contributed by atoms with E-state index in [1.807, 2.05) is 13.0 Å². The number of allylic oxidation sites excluding steroid dienone is 2. The van der Waals surface area contributed by atoms with Crippen LogP contribution in [0.3, 0.4) is 0 Å². The third-order valence-electron chi connectivity index (χ3n) is 4.50. The number of aryl methyl sites for hydroxylation is 1. The van der Waals surface area contributed by atoms with E-state index >= 15 is 0 Å². The Morgan fingerprint density at radius 2 is 2.23 bits per heavy atom. The molecule has 0 saturated carbocycles. The molecule has 0 amide bonds. The molecule has 4 rings (SSSR count). The van der Waals surface area contributed by atoms with Gasteiger partial charge in [0.15, 0.2) is 5.78 Å². The van der Waals surface area contributed by atoms with Crippen LogP contribution < -0.4 is 5.32 Å².